The maximum atomic E-state index is 13.0. The minimum atomic E-state index is -0.420. The fourth-order valence-electron chi connectivity index (χ4n) is 3.28. The molecule has 0 atom stereocenters. The molecule has 28 heavy (non-hydrogen) atoms. The van der Waals surface area contributed by atoms with Crippen molar-refractivity contribution < 1.29 is 14.4 Å². The first-order chi connectivity index (χ1) is 13.6. The first kappa shape index (κ1) is 18.4. The van der Waals surface area contributed by atoms with E-state index < -0.39 is 11.8 Å². The topological polar surface area (TPSA) is 70.1 Å². The summed E-state index contributed by atoms with van der Waals surface area (Å²) in [6.45, 7) is 2.22. The number of amides is 3. The highest BCUT2D eigenvalue weighted by Gasteiger charge is 2.38. The second kappa shape index (κ2) is 7.59. The molecular formula is C21H19N3O3S. The smallest absolute Gasteiger partial charge is 0.262 e. The molecule has 2 aromatic carbocycles. The summed E-state index contributed by atoms with van der Waals surface area (Å²) in [4.78, 5) is 45.3. The van der Waals surface area contributed by atoms with Crippen molar-refractivity contribution in [2.24, 2.45) is 4.99 Å². The van der Waals surface area contributed by atoms with Gasteiger partial charge in [0.25, 0.3) is 11.8 Å². The van der Waals surface area contributed by atoms with Crippen LogP contribution in [0.15, 0.2) is 53.5 Å². The van der Waals surface area contributed by atoms with Crippen LogP contribution in [-0.2, 0) is 4.79 Å². The predicted molar refractivity (Wildman–Crippen MR) is 109 cm³/mol. The summed E-state index contributed by atoms with van der Waals surface area (Å²) in [5.41, 5.74) is 2.53. The van der Waals surface area contributed by atoms with Gasteiger partial charge in [-0.15, -0.1) is 0 Å². The minimum absolute atomic E-state index is 0.278. The van der Waals surface area contributed by atoms with E-state index in [4.69, 9.17) is 0 Å². The van der Waals surface area contributed by atoms with Gasteiger partial charge in [0.05, 0.1) is 16.8 Å². The highest BCUT2D eigenvalue weighted by atomic mass is 32.2. The first-order valence-corrected chi connectivity index (χ1v) is 10.1. The molecule has 2 aromatic rings. The van der Waals surface area contributed by atoms with Crippen LogP contribution in [0.3, 0.4) is 0 Å². The Morgan fingerprint density at radius 1 is 1.04 bits per heavy atom. The quantitative estimate of drug-likeness (QED) is 0.751. The zero-order valence-corrected chi connectivity index (χ0v) is 16.2. The molecule has 0 radical (unpaired) electrons. The lowest BCUT2D eigenvalue weighted by molar-refractivity contribution is -0.127. The predicted octanol–water partition coefficient (Wildman–Crippen LogP) is 3.24. The Morgan fingerprint density at radius 3 is 2.36 bits per heavy atom. The van der Waals surface area contributed by atoms with Gasteiger partial charge in [-0.25, -0.2) is 4.99 Å². The zero-order chi connectivity index (χ0) is 19.7. The van der Waals surface area contributed by atoms with Crippen molar-refractivity contribution in [2.75, 3.05) is 18.8 Å². The van der Waals surface area contributed by atoms with Crippen molar-refractivity contribution >= 4 is 40.3 Å². The number of para-hydroxylation sites is 1. The van der Waals surface area contributed by atoms with Crippen LogP contribution in [0.4, 0.5) is 5.69 Å². The number of hydrogen-bond acceptors (Lipinski definition) is 5. The van der Waals surface area contributed by atoms with E-state index in [0.717, 1.165) is 28.3 Å². The van der Waals surface area contributed by atoms with E-state index in [1.165, 1.54) is 11.8 Å². The number of benzene rings is 2. The maximum Gasteiger partial charge on any atom is 0.262 e. The normalized spacial score (nSPS) is 18.0. The molecule has 0 N–H and O–H groups in total. The van der Waals surface area contributed by atoms with Crippen LogP contribution < -0.4 is 0 Å². The molecule has 6 nitrogen and oxygen atoms in total. The van der Waals surface area contributed by atoms with Gasteiger partial charge >= 0.3 is 0 Å². The molecule has 1 saturated heterocycles. The summed E-state index contributed by atoms with van der Waals surface area (Å²) in [5.74, 6) is -0.261. The minimum Gasteiger partial charge on any atom is -0.290 e. The van der Waals surface area contributed by atoms with Crippen molar-refractivity contribution in [3.8, 4) is 0 Å². The molecule has 0 aromatic heterocycles. The van der Waals surface area contributed by atoms with Gasteiger partial charge in [0.1, 0.15) is 6.54 Å². The van der Waals surface area contributed by atoms with Crippen LogP contribution in [0.2, 0.25) is 0 Å². The van der Waals surface area contributed by atoms with E-state index in [2.05, 4.69) is 4.99 Å². The van der Waals surface area contributed by atoms with Crippen molar-refractivity contribution in [1.82, 2.24) is 9.80 Å². The number of carbonyl (C=O) groups excluding carboxylic acids is 3. The van der Waals surface area contributed by atoms with Crippen LogP contribution in [0, 0.1) is 6.92 Å². The number of fused-ring (bicyclic) bond motifs is 1. The van der Waals surface area contributed by atoms with E-state index >= 15 is 0 Å². The van der Waals surface area contributed by atoms with Gasteiger partial charge in [-0.05, 0) is 37.1 Å². The Labute approximate surface area is 167 Å². The Bertz CT molecular complexity index is 967. The van der Waals surface area contributed by atoms with E-state index in [-0.39, 0.29) is 12.5 Å². The molecule has 0 aliphatic carbocycles. The number of thioether (sulfide) groups is 1. The average Bonchev–Trinajstić information content (AvgIpc) is 2.95. The Hall–Kier alpha value is -2.93. The molecule has 7 heteroatoms. The van der Waals surface area contributed by atoms with Crippen molar-refractivity contribution in [3.63, 3.8) is 0 Å². The summed E-state index contributed by atoms with van der Waals surface area (Å²) in [6, 6.07) is 14.4. The number of carbonyl (C=O) groups is 3. The van der Waals surface area contributed by atoms with Gasteiger partial charge in [0, 0.05) is 12.3 Å². The van der Waals surface area contributed by atoms with Crippen LogP contribution in [0.1, 0.15) is 32.7 Å². The first-order valence-electron chi connectivity index (χ1n) is 9.09. The second-order valence-electron chi connectivity index (χ2n) is 6.67. The molecule has 2 aliphatic rings. The number of rotatable bonds is 3. The van der Waals surface area contributed by atoms with Crippen LogP contribution in [0.25, 0.3) is 0 Å². The summed E-state index contributed by atoms with van der Waals surface area (Å²) >= 11 is 1.52. The highest BCUT2D eigenvalue weighted by Crippen LogP contribution is 2.26. The monoisotopic (exact) mass is 393 g/mol. The molecule has 0 unspecified atom stereocenters. The Balaban J connectivity index is 1.56. The van der Waals surface area contributed by atoms with E-state index in [1.54, 1.807) is 29.2 Å². The van der Waals surface area contributed by atoms with Gasteiger partial charge < -0.3 is 0 Å². The lowest BCUT2D eigenvalue weighted by Crippen LogP contribution is -2.46. The number of imide groups is 1. The third kappa shape index (κ3) is 3.33. The van der Waals surface area contributed by atoms with Gasteiger partial charge in [0.2, 0.25) is 5.91 Å². The standard InChI is InChI=1S/C21H19N3O3S/c1-14-7-2-5-10-17(14)22-21-23(11-6-12-28-21)18(25)13-24-19(26)15-8-3-4-9-16(15)20(24)27/h2-5,7-10H,6,11-13H2,1H3. The number of nitrogens with zero attached hydrogens (tertiary/aromatic N) is 3. The summed E-state index contributed by atoms with van der Waals surface area (Å²) in [5, 5.41) is 0.613. The van der Waals surface area contributed by atoms with Gasteiger partial charge in [0.15, 0.2) is 5.17 Å². The molecule has 3 amide bonds. The molecule has 2 heterocycles. The lowest BCUT2D eigenvalue weighted by Gasteiger charge is -2.29. The Morgan fingerprint density at radius 2 is 1.68 bits per heavy atom. The SMILES string of the molecule is Cc1ccccc1N=C1SCCCN1C(=O)CN1C(=O)c2ccccc2C1=O. The summed E-state index contributed by atoms with van der Waals surface area (Å²) in [6.07, 6.45) is 0.839. The van der Waals surface area contributed by atoms with Crippen molar-refractivity contribution in [1.29, 1.82) is 0 Å². The van der Waals surface area contributed by atoms with E-state index in [1.807, 2.05) is 31.2 Å². The molecule has 1 fully saturated rings. The molecule has 4 rings (SSSR count). The fourth-order valence-corrected chi connectivity index (χ4v) is 4.25. The van der Waals surface area contributed by atoms with Crippen molar-refractivity contribution in [3.05, 3.63) is 65.2 Å². The van der Waals surface area contributed by atoms with Crippen molar-refractivity contribution in [2.45, 2.75) is 13.3 Å². The number of hydrogen-bond donors (Lipinski definition) is 0. The molecule has 0 saturated carbocycles. The molecule has 0 bridgehead atoms. The molecule has 142 valence electrons. The number of aryl methyl sites for hydroxylation is 1. The molecular weight excluding hydrogens is 374 g/mol. The molecule has 2 aliphatic heterocycles. The average molecular weight is 393 g/mol. The maximum absolute atomic E-state index is 13.0. The zero-order valence-electron chi connectivity index (χ0n) is 15.4. The van der Waals surface area contributed by atoms with Gasteiger partial charge in [-0.3, -0.25) is 24.2 Å². The number of aliphatic imine (C=N–C) groups is 1. The van der Waals surface area contributed by atoms with Gasteiger partial charge in [-0.1, -0.05) is 42.1 Å². The third-order valence-corrected chi connectivity index (χ3v) is 5.85. The summed E-state index contributed by atoms with van der Waals surface area (Å²) < 4.78 is 0. The van der Waals surface area contributed by atoms with Crippen LogP contribution in [0.5, 0.6) is 0 Å². The highest BCUT2D eigenvalue weighted by molar-refractivity contribution is 8.13. The van der Waals surface area contributed by atoms with E-state index in [9.17, 15) is 14.4 Å². The van der Waals surface area contributed by atoms with Crippen LogP contribution in [-0.4, -0.2) is 51.5 Å². The largest absolute Gasteiger partial charge is 0.290 e. The third-order valence-electron chi connectivity index (χ3n) is 4.79. The van der Waals surface area contributed by atoms with Crippen LogP contribution >= 0.6 is 11.8 Å². The molecule has 0 spiro atoms. The second-order valence-corrected chi connectivity index (χ2v) is 7.73. The summed E-state index contributed by atoms with van der Waals surface area (Å²) in [7, 11) is 0. The lowest BCUT2D eigenvalue weighted by atomic mass is 10.1. The fraction of sp³-hybridized carbons (Fsp3) is 0.238. The number of amidine groups is 1. The van der Waals surface area contributed by atoms with E-state index in [0.29, 0.717) is 22.8 Å². The van der Waals surface area contributed by atoms with Gasteiger partial charge in [-0.2, -0.15) is 0 Å². The Kier molecular flexibility index (Phi) is 5.00.